The molecule has 1 atom stereocenters. The maximum atomic E-state index is 13.4. The van der Waals surface area contributed by atoms with Crippen LogP contribution in [0.25, 0.3) is 0 Å². The Morgan fingerprint density at radius 3 is 2.85 bits per heavy atom. The number of rotatable bonds is 7. The van der Waals surface area contributed by atoms with Crippen molar-refractivity contribution in [2.24, 2.45) is 5.73 Å². The van der Waals surface area contributed by atoms with Crippen molar-refractivity contribution in [3.05, 3.63) is 34.1 Å². The second kappa shape index (κ2) is 7.51. The molecule has 0 heterocycles. The number of ether oxygens (including phenoxy) is 1. The fourth-order valence-electron chi connectivity index (χ4n) is 1.55. The van der Waals surface area contributed by atoms with Crippen LogP contribution in [0.2, 0.25) is 0 Å². The Hall–Kier alpha value is -2.06. The molecule has 0 bridgehead atoms. The molecule has 8 heteroatoms. The zero-order valence-corrected chi connectivity index (χ0v) is 11.0. The summed E-state index contributed by atoms with van der Waals surface area (Å²) in [5.74, 6) is -1.49. The van der Waals surface area contributed by atoms with E-state index in [1.54, 1.807) is 7.11 Å². The molecule has 3 N–H and O–H groups in total. The summed E-state index contributed by atoms with van der Waals surface area (Å²) in [7, 11) is 1.55. The lowest BCUT2D eigenvalue weighted by molar-refractivity contribution is -0.387. The number of nitrogens with zero attached hydrogens (tertiary/aromatic N) is 1. The Balaban J connectivity index is 2.62. The van der Waals surface area contributed by atoms with E-state index < -0.39 is 28.4 Å². The Labute approximate surface area is 115 Å². The Morgan fingerprint density at radius 1 is 1.60 bits per heavy atom. The number of hydrogen-bond acceptors (Lipinski definition) is 5. The van der Waals surface area contributed by atoms with E-state index in [-0.39, 0.29) is 5.69 Å². The zero-order valence-electron chi connectivity index (χ0n) is 11.0. The van der Waals surface area contributed by atoms with E-state index in [0.29, 0.717) is 19.4 Å². The normalized spacial score (nSPS) is 11.9. The number of methoxy groups -OCH3 is 1. The molecule has 0 aromatic heterocycles. The molecule has 7 nitrogen and oxygen atoms in total. The first-order valence-electron chi connectivity index (χ1n) is 5.95. The summed E-state index contributed by atoms with van der Waals surface area (Å²) < 4.78 is 18.2. The van der Waals surface area contributed by atoms with Crippen molar-refractivity contribution >= 4 is 17.3 Å². The number of nitrogens with one attached hydrogen (secondary N) is 1. The van der Waals surface area contributed by atoms with Gasteiger partial charge in [0.05, 0.1) is 11.0 Å². The molecular weight excluding hydrogens is 269 g/mol. The van der Waals surface area contributed by atoms with Gasteiger partial charge in [0, 0.05) is 31.5 Å². The molecule has 0 saturated carbocycles. The lowest BCUT2D eigenvalue weighted by Crippen LogP contribution is -2.35. The monoisotopic (exact) mass is 285 g/mol. The van der Waals surface area contributed by atoms with Crippen LogP contribution in [-0.4, -0.2) is 30.6 Å². The number of halogens is 1. The standard InChI is InChI=1S/C12H16FN3O4/c1-20-6-2-3-10(14)12(17)15-8-4-5-11(16(18)19)9(13)7-8/h4-5,7,10H,2-3,6,14H2,1H3,(H,15,17). The topological polar surface area (TPSA) is 107 Å². The zero-order chi connectivity index (χ0) is 15.1. The predicted octanol–water partition coefficient (Wildman–Crippen LogP) is 1.43. The van der Waals surface area contributed by atoms with E-state index in [1.807, 2.05) is 0 Å². The van der Waals surface area contributed by atoms with Gasteiger partial charge in [0.25, 0.3) is 0 Å². The van der Waals surface area contributed by atoms with Gasteiger partial charge in [-0.1, -0.05) is 0 Å². The van der Waals surface area contributed by atoms with Gasteiger partial charge >= 0.3 is 5.69 Å². The van der Waals surface area contributed by atoms with Crippen molar-refractivity contribution in [3.63, 3.8) is 0 Å². The molecular formula is C12H16FN3O4. The van der Waals surface area contributed by atoms with Crippen molar-refractivity contribution in [2.45, 2.75) is 18.9 Å². The van der Waals surface area contributed by atoms with E-state index >= 15 is 0 Å². The lowest BCUT2D eigenvalue weighted by Gasteiger charge is -2.12. The number of carbonyl (C=O) groups excluding carboxylic acids is 1. The van der Waals surface area contributed by atoms with Gasteiger partial charge in [0.2, 0.25) is 11.7 Å². The molecule has 1 rings (SSSR count). The minimum absolute atomic E-state index is 0.125. The fraction of sp³-hybridized carbons (Fsp3) is 0.417. The molecule has 1 unspecified atom stereocenters. The molecule has 0 spiro atoms. The lowest BCUT2D eigenvalue weighted by atomic mass is 10.1. The molecule has 1 amide bonds. The maximum absolute atomic E-state index is 13.4. The van der Waals surface area contributed by atoms with Gasteiger partial charge in [-0.05, 0) is 18.9 Å². The third kappa shape index (κ3) is 4.56. The third-order valence-corrected chi connectivity index (χ3v) is 2.61. The largest absolute Gasteiger partial charge is 0.385 e. The van der Waals surface area contributed by atoms with E-state index in [9.17, 15) is 19.3 Å². The number of anilines is 1. The van der Waals surface area contributed by atoms with E-state index in [1.165, 1.54) is 6.07 Å². The quantitative estimate of drug-likeness (QED) is 0.447. The summed E-state index contributed by atoms with van der Waals surface area (Å²) in [6.07, 6.45) is 1.05. The molecule has 110 valence electrons. The highest BCUT2D eigenvalue weighted by Gasteiger charge is 2.17. The van der Waals surface area contributed by atoms with Gasteiger partial charge < -0.3 is 15.8 Å². The first kappa shape index (κ1) is 16.0. The highest BCUT2D eigenvalue weighted by molar-refractivity contribution is 5.94. The molecule has 0 aliphatic carbocycles. The highest BCUT2D eigenvalue weighted by atomic mass is 19.1. The predicted molar refractivity (Wildman–Crippen MR) is 70.8 cm³/mol. The molecule has 0 aliphatic rings. The van der Waals surface area contributed by atoms with Gasteiger partial charge in [-0.2, -0.15) is 4.39 Å². The van der Waals surface area contributed by atoms with Crippen LogP contribution in [0.1, 0.15) is 12.8 Å². The van der Waals surface area contributed by atoms with Crippen LogP contribution in [0.4, 0.5) is 15.8 Å². The second-order valence-electron chi connectivity index (χ2n) is 4.15. The van der Waals surface area contributed by atoms with Crippen molar-refractivity contribution in [3.8, 4) is 0 Å². The number of nitrogens with two attached hydrogens (primary N) is 1. The van der Waals surface area contributed by atoms with Crippen LogP contribution in [0.3, 0.4) is 0 Å². The highest BCUT2D eigenvalue weighted by Crippen LogP contribution is 2.20. The summed E-state index contributed by atoms with van der Waals surface area (Å²) in [6.45, 7) is 0.493. The number of nitro benzene ring substituents is 1. The van der Waals surface area contributed by atoms with Crippen LogP contribution in [0.5, 0.6) is 0 Å². The van der Waals surface area contributed by atoms with Crippen LogP contribution < -0.4 is 11.1 Å². The van der Waals surface area contributed by atoms with Crippen molar-refractivity contribution in [1.29, 1.82) is 0 Å². The first-order chi connectivity index (χ1) is 9.45. The fourth-order valence-corrected chi connectivity index (χ4v) is 1.55. The smallest absolute Gasteiger partial charge is 0.304 e. The van der Waals surface area contributed by atoms with Crippen LogP contribution in [0.15, 0.2) is 18.2 Å². The minimum atomic E-state index is -1.01. The molecule has 0 saturated heterocycles. The summed E-state index contributed by atoms with van der Waals surface area (Å²) in [5, 5.41) is 12.9. The van der Waals surface area contributed by atoms with Crippen molar-refractivity contribution < 1.29 is 18.8 Å². The van der Waals surface area contributed by atoms with E-state index in [2.05, 4.69) is 5.32 Å². The van der Waals surface area contributed by atoms with Gasteiger partial charge in [-0.25, -0.2) is 0 Å². The SMILES string of the molecule is COCCCC(N)C(=O)Nc1ccc([N+](=O)[O-])c(F)c1. The van der Waals surface area contributed by atoms with Gasteiger partial charge in [-0.3, -0.25) is 14.9 Å². The summed E-state index contributed by atoms with van der Waals surface area (Å²) in [6, 6.07) is 2.38. The molecule has 0 fully saturated rings. The first-order valence-corrected chi connectivity index (χ1v) is 5.95. The Bertz CT molecular complexity index is 496. The van der Waals surface area contributed by atoms with Crippen LogP contribution >= 0.6 is 0 Å². The van der Waals surface area contributed by atoms with Gasteiger partial charge in [0.15, 0.2) is 0 Å². The average molecular weight is 285 g/mol. The number of carbonyl (C=O) groups is 1. The van der Waals surface area contributed by atoms with Crippen molar-refractivity contribution in [1.82, 2.24) is 0 Å². The van der Waals surface area contributed by atoms with Crippen molar-refractivity contribution in [2.75, 3.05) is 19.0 Å². The maximum Gasteiger partial charge on any atom is 0.304 e. The number of nitro groups is 1. The number of benzene rings is 1. The van der Waals surface area contributed by atoms with Gasteiger partial charge in [-0.15, -0.1) is 0 Å². The molecule has 1 aromatic carbocycles. The molecule has 1 aromatic rings. The third-order valence-electron chi connectivity index (χ3n) is 2.61. The van der Waals surface area contributed by atoms with Crippen LogP contribution in [0, 0.1) is 15.9 Å². The number of amides is 1. The molecule has 20 heavy (non-hydrogen) atoms. The Morgan fingerprint density at radius 2 is 2.30 bits per heavy atom. The Kier molecular flexibility index (Phi) is 6.01. The van der Waals surface area contributed by atoms with E-state index in [4.69, 9.17) is 10.5 Å². The summed E-state index contributed by atoms with van der Waals surface area (Å²) in [5.41, 5.74) is 5.13. The van der Waals surface area contributed by atoms with Crippen LogP contribution in [-0.2, 0) is 9.53 Å². The molecule has 0 radical (unpaired) electrons. The molecule has 0 aliphatic heterocycles. The average Bonchev–Trinajstić information content (AvgIpc) is 2.38. The summed E-state index contributed by atoms with van der Waals surface area (Å²) >= 11 is 0. The summed E-state index contributed by atoms with van der Waals surface area (Å²) in [4.78, 5) is 21.3. The van der Waals surface area contributed by atoms with Gasteiger partial charge in [0.1, 0.15) is 0 Å². The minimum Gasteiger partial charge on any atom is -0.385 e. The second-order valence-corrected chi connectivity index (χ2v) is 4.15. The van der Waals surface area contributed by atoms with E-state index in [0.717, 1.165) is 12.1 Å². The number of hydrogen-bond donors (Lipinski definition) is 2.